The Morgan fingerprint density at radius 3 is 2.82 bits per heavy atom. The van der Waals surface area contributed by atoms with Gasteiger partial charge in [0.2, 0.25) is 0 Å². The van der Waals surface area contributed by atoms with Crippen LogP contribution >= 0.6 is 0 Å². The van der Waals surface area contributed by atoms with Crippen molar-refractivity contribution in [3.8, 4) is 0 Å². The third-order valence-corrected chi connectivity index (χ3v) is 2.62. The maximum atomic E-state index is 11.8. The van der Waals surface area contributed by atoms with Crippen LogP contribution in [0.5, 0.6) is 0 Å². The van der Waals surface area contributed by atoms with Crippen molar-refractivity contribution in [1.82, 2.24) is 9.55 Å². The fraction of sp³-hybridized carbons (Fsp3) is 0.250. The van der Waals surface area contributed by atoms with E-state index in [0.717, 1.165) is 5.56 Å². The summed E-state index contributed by atoms with van der Waals surface area (Å²) in [6.07, 6.45) is -0.351. The Kier molecular flexibility index (Phi) is 2.67. The summed E-state index contributed by atoms with van der Waals surface area (Å²) in [5.74, 6) is -1.05. The largest absolute Gasteiger partial charge is 0.481 e. The molecule has 0 aliphatic heterocycles. The van der Waals surface area contributed by atoms with Gasteiger partial charge in [0, 0.05) is 7.05 Å². The number of carboxylic acids is 1. The van der Waals surface area contributed by atoms with Gasteiger partial charge in [-0.25, -0.2) is 4.98 Å². The Balaban J connectivity index is 2.75. The van der Waals surface area contributed by atoms with Crippen LogP contribution in [0.25, 0.3) is 11.0 Å². The number of benzene rings is 1. The Morgan fingerprint density at radius 1 is 1.47 bits per heavy atom. The van der Waals surface area contributed by atoms with E-state index < -0.39 is 5.97 Å². The maximum Gasteiger partial charge on any atom is 0.309 e. The second kappa shape index (κ2) is 4.01. The lowest BCUT2D eigenvalue weighted by molar-refractivity contribution is -0.136. The van der Waals surface area contributed by atoms with Crippen LogP contribution in [-0.2, 0) is 18.3 Å². The van der Waals surface area contributed by atoms with Gasteiger partial charge in [-0.05, 0) is 24.6 Å². The predicted octanol–water partition coefficient (Wildman–Crippen LogP) is 0.869. The van der Waals surface area contributed by atoms with Crippen LogP contribution < -0.4 is 5.56 Å². The van der Waals surface area contributed by atoms with Crippen molar-refractivity contribution in [1.29, 1.82) is 0 Å². The molecule has 1 heterocycles. The molecule has 17 heavy (non-hydrogen) atoms. The number of aliphatic carboxylic acids is 1. The number of nitrogens with zero attached hydrogens (tertiary/aromatic N) is 2. The number of aromatic nitrogens is 2. The average molecular weight is 232 g/mol. The van der Waals surface area contributed by atoms with Crippen molar-refractivity contribution < 1.29 is 9.90 Å². The molecular weight excluding hydrogens is 220 g/mol. The first-order valence-corrected chi connectivity index (χ1v) is 5.17. The van der Waals surface area contributed by atoms with E-state index in [1.165, 1.54) is 4.57 Å². The zero-order chi connectivity index (χ0) is 12.6. The minimum atomic E-state index is -1.05. The number of carboxylic acid groups (broad SMARTS) is 1. The quantitative estimate of drug-likeness (QED) is 0.833. The first-order chi connectivity index (χ1) is 7.99. The number of hydrogen-bond donors (Lipinski definition) is 1. The van der Waals surface area contributed by atoms with Crippen molar-refractivity contribution in [3.05, 3.63) is 39.8 Å². The zero-order valence-corrected chi connectivity index (χ0v) is 9.60. The van der Waals surface area contributed by atoms with Crippen LogP contribution in [0.2, 0.25) is 0 Å². The van der Waals surface area contributed by atoms with Gasteiger partial charge in [-0.1, -0.05) is 6.07 Å². The highest BCUT2D eigenvalue weighted by Crippen LogP contribution is 2.11. The molecule has 5 nitrogen and oxygen atoms in total. The van der Waals surface area contributed by atoms with E-state index in [4.69, 9.17) is 5.11 Å². The molecule has 1 aromatic heterocycles. The summed E-state index contributed by atoms with van der Waals surface area (Å²) < 4.78 is 1.43. The standard InChI is InChI=1S/C12H12N2O3/c1-7-3-4-10-8(5-7)13-9(6-11(15)16)12(17)14(10)2/h3-5H,6H2,1-2H3,(H,15,16). The van der Waals surface area contributed by atoms with E-state index >= 15 is 0 Å². The number of aryl methyl sites for hydroxylation is 2. The molecule has 2 rings (SSSR count). The van der Waals surface area contributed by atoms with Crippen molar-refractivity contribution in [2.45, 2.75) is 13.3 Å². The van der Waals surface area contributed by atoms with E-state index in [1.54, 1.807) is 7.05 Å². The fourth-order valence-electron chi connectivity index (χ4n) is 1.76. The third-order valence-electron chi connectivity index (χ3n) is 2.62. The topological polar surface area (TPSA) is 72.2 Å². The van der Waals surface area contributed by atoms with Gasteiger partial charge in [-0.15, -0.1) is 0 Å². The van der Waals surface area contributed by atoms with Crippen LogP contribution in [0.15, 0.2) is 23.0 Å². The molecule has 0 radical (unpaired) electrons. The number of hydrogen-bond acceptors (Lipinski definition) is 3. The van der Waals surface area contributed by atoms with Gasteiger partial charge in [0.15, 0.2) is 0 Å². The van der Waals surface area contributed by atoms with Crippen LogP contribution in [0, 0.1) is 6.92 Å². The van der Waals surface area contributed by atoms with Gasteiger partial charge in [0.05, 0.1) is 17.5 Å². The molecule has 1 aromatic carbocycles. The molecule has 1 N–H and O–H groups in total. The summed E-state index contributed by atoms with van der Waals surface area (Å²) >= 11 is 0. The maximum absolute atomic E-state index is 11.8. The number of rotatable bonds is 2. The van der Waals surface area contributed by atoms with E-state index in [2.05, 4.69) is 4.98 Å². The second-order valence-electron chi connectivity index (χ2n) is 3.99. The van der Waals surface area contributed by atoms with Gasteiger partial charge in [0.1, 0.15) is 5.69 Å². The monoisotopic (exact) mass is 232 g/mol. The molecule has 0 spiro atoms. The highest BCUT2D eigenvalue weighted by molar-refractivity contribution is 5.76. The summed E-state index contributed by atoms with van der Waals surface area (Å²) in [6.45, 7) is 1.92. The third kappa shape index (κ3) is 2.04. The van der Waals surface area contributed by atoms with Gasteiger partial charge in [0.25, 0.3) is 5.56 Å². The molecule has 0 unspecified atom stereocenters. The molecule has 0 saturated carbocycles. The molecule has 0 saturated heterocycles. The van der Waals surface area contributed by atoms with Crippen LogP contribution in [0.4, 0.5) is 0 Å². The minimum Gasteiger partial charge on any atom is -0.481 e. The Morgan fingerprint density at radius 2 is 2.18 bits per heavy atom. The van der Waals surface area contributed by atoms with Crippen molar-refractivity contribution in [2.75, 3.05) is 0 Å². The number of fused-ring (bicyclic) bond motifs is 1. The van der Waals surface area contributed by atoms with Crippen LogP contribution in [-0.4, -0.2) is 20.6 Å². The van der Waals surface area contributed by atoms with Gasteiger partial charge < -0.3 is 9.67 Å². The van der Waals surface area contributed by atoms with E-state index in [-0.39, 0.29) is 17.7 Å². The van der Waals surface area contributed by atoms with Crippen molar-refractivity contribution in [2.24, 2.45) is 7.05 Å². The first-order valence-electron chi connectivity index (χ1n) is 5.17. The van der Waals surface area contributed by atoms with Gasteiger partial charge >= 0.3 is 5.97 Å². The SMILES string of the molecule is Cc1ccc2c(c1)nc(CC(=O)O)c(=O)n2C. The lowest BCUT2D eigenvalue weighted by atomic mass is 10.2. The summed E-state index contributed by atoms with van der Waals surface area (Å²) in [4.78, 5) is 26.6. The van der Waals surface area contributed by atoms with Crippen LogP contribution in [0.3, 0.4) is 0 Å². The lowest BCUT2D eigenvalue weighted by Gasteiger charge is -2.07. The normalized spacial score (nSPS) is 10.7. The average Bonchev–Trinajstić information content (AvgIpc) is 2.24. The van der Waals surface area contributed by atoms with Crippen molar-refractivity contribution in [3.63, 3.8) is 0 Å². The fourth-order valence-corrected chi connectivity index (χ4v) is 1.76. The van der Waals surface area contributed by atoms with E-state index in [9.17, 15) is 9.59 Å². The predicted molar refractivity (Wildman–Crippen MR) is 63.1 cm³/mol. The smallest absolute Gasteiger partial charge is 0.309 e. The zero-order valence-electron chi connectivity index (χ0n) is 9.60. The highest BCUT2D eigenvalue weighted by atomic mass is 16.4. The van der Waals surface area contributed by atoms with Gasteiger partial charge in [-0.2, -0.15) is 0 Å². The van der Waals surface area contributed by atoms with E-state index in [0.29, 0.717) is 11.0 Å². The molecular formula is C12H12N2O3. The molecule has 88 valence electrons. The van der Waals surface area contributed by atoms with Crippen molar-refractivity contribution >= 4 is 17.0 Å². The molecule has 0 atom stereocenters. The van der Waals surface area contributed by atoms with Gasteiger partial charge in [-0.3, -0.25) is 9.59 Å². The lowest BCUT2D eigenvalue weighted by Crippen LogP contribution is -2.25. The summed E-state index contributed by atoms with van der Waals surface area (Å²) in [6, 6.07) is 5.53. The minimum absolute atomic E-state index is 0.0677. The first kappa shape index (κ1) is 11.3. The molecule has 0 amide bonds. The number of carbonyl (C=O) groups is 1. The second-order valence-corrected chi connectivity index (χ2v) is 3.99. The van der Waals surface area contributed by atoms with E-state index in [1.807, 2.05) is 25.1 Å². The summed E-state index contributed by atoms with van der Waals surface area (Å²) in [5.41, 5.74) is 2.07. The Labute approximate surface area is 97.3 Å². The molecule has 0 aliphatic rings. The molecule has 2 aromatic rings. The van der Waals surface area contributed by atoms with Crippen LogP contribution in [0.1, 0.15) is 11.3 Å². The molecule has 5 heteroatoms. The molecule has 0 fully saturated rings. The summed E-state index contributed by atoms with van der Waals surface area (Å²) in [7, 11) is 1.62. The Hall–Kier alpha value is -2.17. The highest BCUT2D eigenvalue weighted by Gasteiger charge is 2.11. The summed E-state index contributed by atoms with van der Waals surface area (Å²) in [5, 5.41) is 8.72. The molecule has 0 aliphatic carbocycles. The Bertz CT molecular complexity index is 659. The molecule has 0 bridgehead atoms.